The Morgan fingerprint density at radius 3 is 2.58 bits per heavy atom. The summed E-state index contributed by atoms with van der Waals surface area (Å²) in [6.07, 6.45) is 8.13. The predicted octanol–water partition coefficient (Wildman–Crippen LogP) is 5.71. The second kappa shape index (κ2) is 10.6. The Labute approximate surface area is 183 Å². The van der Waals surface area contributed by atoms with Gasteiger partial charge in [0.25, 0.3) is 5.91 Å². The zero-order valence-electron chi connectivity index (χ0n) is 17.7. The van der Waals surface area contributed by atoms with Gasteiger partial charge in [0.1, 0.15) is 12.4 Å². The molecule has 0 aliphatic heterocycles. The van der Waals surface area contributed by atoms with Crippen LogP contribution < -0.4 is 15.4 Å². The maximum absolute atomic E-state index is 12.5. The number of carbonyl (C=O) groups is 1. The number of benzene rings is 2. The molecule has 160 valence electrons. The fraction of sp³-hybridized carbons (Fsp3) is 0.308. The van der Waals surface area contributed by atoms with Crippen molar-refractivity contribution in [3.8, 4) is 5.75 Å². The van der Waals surface area contributed by atoms with Crippen molar-refractivity contribution in [2.24, 2.45) is 5.92 Å². The van der Waals surface area contributed by atoms with E-state index in [0.29, 0.717) is 12.2 Å². The number of aromatic nitrogens is 1. The van der Waals surface area contributed by atoms with E-state index in [9.17, 15) is 4.79 Å². The second-order valence-corrected chi connectivity index (χ2v) is 8.03. The normalized spacial score (nSPS) is 13.7. The van der Waals surface area contributed by atoms with Gasteiger partial charge in [-0.25, -0.2) is 0 Å². The summed E-state index contributed by atoms with van der Waals surface area (Å²) in [6, 6.07) is 21.1. The van der Waals surface area contributed by atoms with Crippen molar-refractivity contribution >= 4 is 17.3 Å². The summed E-state index contributed by atoms with van der Waals surface area (Å²) in [5.41, 5.74) is 3.38. The molecule has 0 bridgehead atoms. The largest absolute Gasteiger partial charge is 0.487 e. The Bertz CT molecular complexity index is 967. The number of hydrogen-bond acceptors (Lipinski definition) is 4. The number of anilines is 2. The Morgan fingerprint density at radius 1 is 0.968 bits per heavy atom. The summed E-state index contributed by atoms with van der Waals surface area (Å²) < 4.78 is 5.78. The molecule has 0 saturated heterocycles. The molecule has 31 heavy (non-hydrogen) atoms. The average molecular weight is 416 g/mol. The van der Waals surface area contributed by atoms with Crippen LogP contribution in [0.3, 0.4) is 0 Å². The van der Waals surface area contributed by atoms with Gasteiger partial charge in [0.15, 0.2) is 0 Å². The van der Waals surface area contributed by atoms with Crippen LogP contribution >= 0.6 is 0 Å². The quantitative estimate of drug-likeness (QED) is 0.470. The molecule has 1 saturated carbocycles. The van der Waals surface area contributed by atoms with Crippen molar-refractivity contribution in [3.63, 3.8) is 0 Å². The van der Waals surface area contributed by atoms with Crippen LogP contribution in [-0.4, -0.2) is 17.4 Å². The topological polar surface area (TPSA) is 63.2 Å². The minimum atomic E-state index is -0.0140. The molecule has 5 nitrogen and oxygen atoms in total. The smallest absolute Gasteiger partial charge is 0.251 e. The Hall–Kier alpha value is -3.34. The molecule has 1 aliphatic carbocycles. The molecule has 0 atom stereocenters. The number of carbonyl (C=O) groups excluding carboxylic acids is 1. The molecule has 2 N–H and O–H groups in total. The fourth-order valence-corrected chi connectivity index (χ4v) is 3.97. The molecule has 2 aromatic carbocycles. The Balaban J connectivity index is 1.28. The third kappa shape index (κ3) is 6.32. The van der Waals surface area contributed by atoms with E-state index in [2.05, 4.69) is 15.6 Å². The van der Waals surface area contributed by atoms with Gasteiger partial charge in [-0.05, 0) is 66.9 Å². The van der Waals surface area contributed by atoms with Crippen molar-refractivity contribution in [3.05, 3.63) is 84.2 Å². The summed E-state index contributed by atoms with van der Waals surface area (Å²) in [5.74, 6) is 1.55. The summed E-state index contributed by atoms with van der Waals surface area (Å²) in [7, 11) is 0. The van der Waals surface area contributed by atoms with Crippen LogP contribution in [0.15, 0.2) is 72.9 Å². The first-order valence-electron chi connectivity index (χ1n) is 11.0. The number of nitrogens with one attached hydrogen (secondary N) is 2. The summed E-state index contributed by atoms with van der Waals surface area (Å²) >= 11 is 0. The molecular formula is C26H29N3O2. The number of amides is 1. The lowest BCUT2D eigenvalue weighted by molar-refractivity contribution is 0.0951. The SMILES string of the molecule is O=C(NCCC1CCCC1)c1cccc(Nc2ccc(OCc3ccccn3)cc2)c1. The van der Waals surface area contributed by atoms with Crippen molar-refractivity contribution in [2.75, 3.05) is 11.9 Å². The van der Waals surface area contributed by atoms with Crippen LogP contribution in [0.4, 0.5) is 11.4 Å². The molecule has 1 heterocycles. The zero-order chi connectivity index (χ0) is 21.3. The first kappa shape index (κ1) is 20.9. The lowest BCUT2D eigenvalue weighted by atomic mass is 10.0. The maximum Gasteiger partial charge on any atom is 0.251 e. The maximum atomic E-state index is 12.5. The van der Waals surface area contributed by atoms with Crippen LogP contribution in [0.2, 0.25) is 0 Å². The van der Waals surface area contributed by atoms with E-state index in [4.69, 9.17) is 4.74 Å². The number of ether oxygens (including phenoxy) is 1. The minimum Gasteiger partial charge on any atom is -0.487 e. The molecule has 1 aliphatic rings. The zero-order valence-corrected chi connectivity index (χ0v) is 17.7. The van der Waals surface area contributed by atoms with Gasteiger partial charge in [-0.2, -0.15) is 0 Å². The minimum absolute atomic E-state index is 0.0140. The highest BCUT2D eigenvalue weighted by Crippen LogP contribution is 2.27. The number of pyridine rings is 1. The number of hydrogen-bond donors (Lipinski definition) is 2. The molecule has 0 unspecified atom stereocenters. The van der Waals surface area contributed by atoms with Gasteiger partial charge in [0.05, 0.1) is 5.69 Å². The highest BCUT2D eigenvalue weighted by Gasteiger charge is 2.15. The lowest BCUT2D eigenvalue weighted by Crippen LogP contribution is -2.25. The third-order valence-electron chi connectivity index (χ3n) is 5.69. The molecule has 4 rings (SSSR count). The van der Waals surface area contributed by atoms with E-state index in [0.717, 1.165) is 41.7 Å². The van der Waals surface area contributed by atoms with Gasteiger partial charge < -0.3 is 15.4 Å². The Morgan fingerprint density at radius 2 is 1.81 bits per heavy atom. The highest BCUT2D eigenvalue weighted by molar-refractivity contribution is 5.95. The van der Waals surface area contributed by atoms with Gasteiger partial charge in [-0.15, -0.1) is 0 Å². The van der Waals surface area contributed by atoms with Crippen molar-refractivity contribution in [1.29, 1.82) is 0 Å². The van der Waals surface area contributed by atoms with Gasteiger partial charge in [0.2, 0.25) is 0 Å². The summed E-state index contributed by atoms with van der Waals surface area (Å²) in [5, 5.41) is 6.42. The molecule has 5 heteroatoms. The number of rotatable bonds is 9. The molecular weight excluding hydrogens is 386 g/mol. The molecule has 1 fully saturated rings. The van der Waals surface area contributed by atoms with Crippen molar-refractivity contribution in [2.45, 2.75) is 38.7 Å². The van der Waals surface area contributed by atoms with Crippen LogP contribution in [0, 0.1) is 5.92 Å². The van der Waals surface area contributed by atoms with E-state index >= 15 is 0 Å². The number of nitrogens with zero attached hydrogens (tertiary/aromatic N) is 1. The average Bonchev–Trinajstić information content (AvgIpc) is 3.33. The van der Waals surface area contributed by atoms with Crippen LogP contribution in [0.1, 0.15) is 48.2 Å². The van der Waals surface area contributed by atoms with Gasteiger partial charge in [-0.1, -0.05) is 37.8 Å². The van der Waals surface area contributed by atoms with Crippen LogP contribution in [0.25, 0.3) is 0 Å². The Kier molecular flexibility index (Phi) is 7.16. The molecule has 0 spiro atoms. The van der Waals surface area contributed by atoms with Crippen molar-refractivity contribution in [1.82, 2.24) is 10.3 Å². The van der Waals surface area contributed by atoms with Gasteiger partial charge in [-0.3, -0.25) is 9.78 Å². The van der Waals surface area contributed by atoms with Crippen LogP contribution in [-0.2, 0) is 6.61 Å². The molecule has 3 aromatic rings. The summed E-state index contributed by atoms with van der Waals surface area (Å²) in [4.78, 5) is 16.8. The van der Waals surface area contributed by atoms with E-state index in [1.807, 2.05) is 66.7 Å². The monoisotopic (exact) mass is 415 g/mol. The standard InChI is InChI=1S/C26H29N3O2/c30-26(28-17-15-20-6-1-2-7-20)21-8-5-10-23(18-21)29-22-11-13-25(14-12-22)31-19-24-9-3-4-16-27-24/h3-5,8-14,16,18,20,29H,1-2,6-7,15,17,19H2,(H,28,30). The van der Waals surface area contributed by atoms with Gasteiger partial charge in [0, 0.05) is 29.7 Å². The van der Waals surface area contributed by atoms with E-state index < -0.39 is 0 Å². The summed E-state index contributed by atoms with van der Waals surface area (Å²) in [6.45, 7) is 1.19. The predicted molar refractivity (Wildman–Crippen MR) is 124 cm³/mol. The van der Waals surface area contributed by atoms with Crippen molar-refractivity contribution < 1.29 is 9.53 Å². The first-order valence-corrected chi connectivity index (χ1v) is 11.0. The van der Waals surface area contributed by atoms with E-state index in [1.54, 1.807) is 6.20 Å². The molecule has 1 amide bonds. The molecule has 0 radical (unpaired) electrons. The van der Waals surface area contributed by atoms with E-state index in [-0.39, 0.29) is 5.91 Å². The van der Waals surface area contributed by atoms with Crippen LogP contribution in [0.5, 0.6) is 5.75 Å². The highest BCUT2D eigenvalue weighted by atomic mass is 16.5. The second-order valence-electron chi connectivity index (χ2n) is 8.03. The molecule has 1 aromatic heterocycles. The fourth-order valence-electron chi connectivity index (χ4n) is 3.97. The van der Waals surface area contributed by atoms with E-state index in [1.165, 1.54) is 25.7 Å². The lowest BCUT2D eigenvalue weighted by Gasteiger charge is -2.12. The first-order chi connectivity index (χ1) is 15.3. The van der Waals surface area contributed by atoms with Gasteiger partial charge >= 0.3 is 0 Å². The third-order valence-corrected chi connectivity index (χ3v) is 5.69.